The van der Waals surface area contributed by atoms with Crippen molar-refractivity contribution in [3.63, 3.8) is 0 Å². The van der Waals surface area contributed by atoms with E-state index in [1.807, 2.05) is 24.3 Å². The van der Waals surface area contributed by atoms with E-state index in [-0.39, 0.29) is 5.91 Å². The van der Waals surface area contributed by atoms with Crippen LogP contribution in [0.15, 0.2) is 28.6 Å². The SMILES string of the molecule is CCCCCC(=O)Nc1nnc(SCc2cccc(Cl)c2)s1. The fraction of sp³-hybridized carbons (Fsp3) is 0.400. The summed E-state index contributed by atoms with van der Waals surface area (Å²) in [5.41, 5.74) is 1.14. The third kappa shape index (κ3) is 5.94. The first-order valence-electron chi connectivity index (χ1n) is 7.18. The van der Waals surface area contributed by atoms with E-state index in [9.17, 15) is 4.79 Å². The van der Waals surface area contributed by atoms with E-state index >= 15 is 0 Å². The van der Waals surface area contributed by atoms with Gasteiger partial charge < -0.3 is 5.32 Å². The van der Waals surface area contributed by atoms with Crippen molar-refractivity contribution in [2.45, 2.75) is 42.7 Å². The molecule has 1 aromatic heterocycles. The Bertz CT molecular complexity index is 618. The third-order valence-corrected chi connectivity index (χ3v) is 5.19. The van der Waals surface area contributed by atoms with Crippen molar-refractivity contribution in [2.24, 2.45) is 0 Å². The average Bonchev–Trinajstić information content (AvgIpc) is 2.93. The second-order valence-electron chi connectivity index (χ2n) is 4.80. The summed E-state index contributed by atoms with van der Waals surface area (Å²) in [5, 5.41) is 12.2. The summed E-state index contributed by atoms with van der Waals surface area (Å²) in [4.78, 5) is 11.7. The fourth-order valence-electron chi connectivity index (χ4n) is 1.81. The van der Waals surface area contributed by atoms with Gasteiger partial charge in [-0.3, -0.25) is 4.79 Å². The maximum absolute atomic E-state index is 11.7. The van der Waals surface area contributed by atoms with E-state index in [0.29, 0.717) is 11.6 Å². The molecule has 0 bridgehead atoms. The van der Waals surface area contributed by atoms with Gasteiger partial charge in [0.1, 0.15) is 0 Å². The van der Waals surface area contributed by atoms with Gasteiger partial charge in [0.05, 0.1) is 0 Å². The molecule has 1 N–H and O–H groups in total. The number of nitrogens with zero attached hydrogens (tertiary/aromatic N) is 2. The standard InChI is InChI=1S/C15H18ClN3OS2/c1-2-3-4-8-13(20)17-14-18-19-15(22-14)21-10-11-6-5-7-12(16)9-11/h5-7,9H,2-4,8,10H2,1H3,(H,17,18,20). The van der Waals surface area contributed by atoms with Crippen molar-refractivity contribution in [3.05, 3.63) is 34.9 Å². The topological polar surface area (TPSA) is 54.9 Å². The lowest BCUT2D eigenvalue weighted by Crippen LogP contribution is -2.10. The number of halogens is 1. The van der Waals surface area contributed by atoms with Crippen LogP contribution in [0.2, 0.25) is 5.02 Å². The number of amides is 1. The van der Waals surface area contributed by atoms with E-state index < -0.39 is 0 Å². The Kier molecular flexibility index (Phi) is 7.15. The normalized spacial score (nSPS) is 10.6. The molecule has 2 rings (SSSR count). The molecule has 1 aromatic carbocycles. The molecule has 4 nitrogen and oxygen atoms in total. The number of aromatic nitrogens is 2. The Morgan fingerprint density at radius 1 is 1.36 bits per heavy atom. The number of anilines is 1. The number of carbonyl (C=O) groups excluding carboxylic acids is 1. The van der Waals surface area contributed by atoms with Crippen LogP contribution in [0.25, 0.3) is 0 Å². The van der Waals surface area contributed by atoms with Gasteiger partial charge in [-0.25, -0.2) is 0 Å². The molecule has 0 radical (unpaired) electrons. The molecule has 0 atom stereocenters. The van der Waals surface area contributed by atoms with Crippen LogP contribution in [0.3, 0.4) is 0 Å². The van der Waals surface area contributed by atoms with E-state index in [1.165, 1.54) is 11.3 Å². The molecule has 0 aliphatic rings. The van der Waals surface area contributed by atoms with Gasteiger partial charge in [-0.2, -0.15) is 0 Å². The zero-order valence-corrected chi connectivity index (χ0v) is 14.7. The first-order chi connectivity index (χ1) is 10.7. The van der Waals surface area contributed by atoms with Crippen LogP contribution in [-0.2, 0) is 10.5 Å². The van der Waals surface area contributed by atoms with E-state index in [4.69, 9.17) is 11.6 Å². The highest BCUT2D eigenvalue weighted by Gasteiger charge is 2.08. The molecule has 0 saturated heterocycles. The molecule has 0 aliphatic carbocycles. The van der Waals surface area contributed by atoms with Crippen LogP contribution in [-0.4, -0.2) is 16.1 Å². The molecule has 118 valence electrons. The molecule has 0 spiro atoms. The first kappa shape index (κ1) is 17.2. The summed E-state index contributed by atoms with van der Waals surface area (Å²) in [5.74, 6) is 0.788. The van der Waals surface area contributed by atoms with Crippen LogP contribution < -0.4 is 5.32 Å². The van der Waals surface area contributed by atoms with Gasteiger partial charge in [0.25, 0.3) is 0 Å². The maximum atomic E-state index is 11.7. The Hall–Kier alpha value is -1.11. The molecule has 0 aliphatic heterocycles. The molecular weight excluding hydrogens is 338 g/mol. The first-order valence-corrected chi connectivity index (χ1v) is 9.36. The predicted molar refractivity (Wildman–Crippen MR) is 93.7 cm³/mol. The molecule has 0 saturated carbocycles. The van der Waals surface area contributed by atoms with Gasteiger partial charge in [0.2, 0.25) is 11.0 Å². The van der Waals surface area contributed by atoms with Gasteiger partial charge in [0, 0.05) is 17.2 Å². The summed E-state index contributed by atoms with van der Waals surface area (Å²) in [7, 11) is 0. The fourth-order valence-corrected chi connectivity index (χ4v) is 3.73. The number of carbonyl (C=O) groups is 1. The van der Waals surface area contributed by atoms with Crippen molar-refractivity contribution in [1.29, 1.82) is 0 Å². The van der Waals surface area contributed by atoms with Crippen LogP contribution in [0.1, 0.15) is 38.2 Å². The van der Waals surface area contributed by atoms with Crippen molar-refractivity contribution >= 4 is 45.7 Å². The average molecular weight is 356 g/mol. The second-order valence-corrected chi connectivity index (χ2v) is 7.43. The predicted octanol–water partition coefficient (Wildman–Crippen LogP) is 5.00. The minimum atomic E-state index is 0.0102. The van der Waals surface area contributed by atoms with Crippen LogP contribution in [0, 0.1) is 0 Å². The van der Waals surface area contributed by atoms with Crippen molar-refractivity contribution in [2.75, 3.05) is 5.32 Å². The number of unbranched alkanes of at least 4 members (excludes halogenated alkanes) is 2. The quantitative estimate of drug-likeness (QED) is 0.411. The molecule has 2 aromatic rings. The lowest BCUT2D eigenvalue weighted by Gasteiger charge is -2.00. The van der Waals surface area contributed by atoms with Crippen LogP contribution >= 0.6 is 34.7 Å². The Balaban J connectivity index is 1.80. The summed E-state index contributed by atoms with van der Waals surface area (Å²) in [6, 6.07) is 7.75. The molecule has 22 heavy (non-hydrogen) atoms. The van der Waals surface area contributed by atoms with E-state index in [0.717, 1.165) is 39.9 Å². The second kappa shape index (κ2) is 9.12. The van der Waals surface area contributed by atoms with Crippen molar-refractivity contribution < 1.29 is 4.79 Å². The number of hydrogen-bond acceptors (Lipinski definition) is 5. The highest BCUT2D eigenvalue weighted by Crippen LogP contribution is 2.29. The van der Waals surface area contributed by atoms with E-state index in [2.05, 4.69) is 22.4 Å². The van der Waals surface area contributed by atoms with Crippen LogP contribution in [0.5, 0.6) is 0 Å². The molecule has 1 heterocycles. The van der Waals surface area contributed by atoms with Gasteiger partial charge in [-0.1, -0.05) is 66.6 Å². The van der Waals surface area contributed by atoms with Gasteiger partial charge in [-0.05, 0) is 24.1 Å². The Labute approximate surface area is 143 Å². The number of nitrogens with one attached hydrogen (secondary N) is 1. The summed E-state index contributed by atoms with van der Waals surface area (Å²) >= 11 is 8.94. The van der Waals surface area contributed by atoms with Gasteiger partial charge >= 0.3 is 0 Å². The highest BCUT2D eigenvalue weighted by atomic mass is 35.5. The molecule has 1 amide bonds. The van der Waals surface area contributed by atoms with Crippen molar-refractivity contribution in [1.82, 2.24) is 10.2 Å². The number of hydrogen-bond donors (Lipinski definition) is 1. The van der Waals surface area contributed by atoms with Crippen LogP contribution in [0.4, 0.5) is 5.13 Å². The van der Waals surface area contributed by atoms with Gasteiger partial charge in [-0.15, -0.1) is 10.2 Å². The maximum Gasteiger partial charge on any atom is 0.226 e. The Morgan fingerprint density at radius 2 is 2.23 bits per heavy atom. The lowest BCUT2D eigenvalue weighted by molar-refractivity contribution is -0.116. The summed E-state index contributed by atoms with van der Waals surface area (Å²) in [6.07, 6.45) is 3.64. The lowest BCUT2D eigenvalue weighted by atomic mass is 10.2. The largest absolute Gasteiger partial charge is 0.301 e. The number of benzene rings is 1. The highest BCUT2D eigenvalue weighted by molar-refractivity contribution is 8.00. The minimum Gasteiger partial charge on any atom is -0.301 e. The monoisotopic (exact) mass is 355 g/mol. The summed E-state index contributed by atoms with van der Waals surface area (Å²) < 4.78 is 0.837. The molecule has 0 unspecified atom stereocenters. The molecular formula is C15H18ClN3OS2. The molecule has 0 fully saturated rings. The third-order valence-electron chi connectivity index (χ3n) is 2.91. The van der Waals surface area contributed by atoms with Gasteiger partial charge in [0.15, 0.2) is 4.34 Å². The zero-order chi connectivity index (χ0) is 15.8. The van der Waals surface area contributed by atoms with E-state index in [1.54, 1.807) is 11.8 Å². The number of thioether (sulfide) groups is 1. The van der Waals surface area contributed by atoms with Crippen molar-refractivity contribution in [3.8, 4) is 0 Å². The minimum absolute atomic E-state index is 0.0102. The zero-order valence-electron chi connectivity index (χ0n) is 12.3. The molecule has 7 heteroatoms. The smallest absolute Gasteiger partial charge is 0.226 e. The Morgan fingerprint density at radius 3 is 3.00 bits per heavy atom. The number of rotatable bonds is 8. The summed E-state index contributed by atoms with van der Waals surface area (Å²) in [6.45, 7) is 2.12.